The van der Waals surface area contributed by atoms with E-state index in [-0.39, 0.29) is 17.4 Å². The van der Waals surface area contributed by atoms with E-state index in [2.05, 4.69) is 24.9 Å². The first kappa shape index (κ1) is 20.7. The largest absolute Gasteiger partial charge is 0.347 e. The van der Waals surface area contributed by atoms with E-state index < -0.39 is 0 Å². The fraction of sp³-hybridized carbons (Fsp3) is 0.429. The summed E-state index contributed by atoms with van der Waals surface area (Å²) in [6.45, 7) is 1.21. The molecule has 0 atom stereocenters. The zero-order valence-electron chi connectivity index (χ0n) is 18.2. The van der Waals surface area contributed by atoms with Crippen molar-refractivity contribution in [1.82, 2.24) is 29.8 Å². The summed E-state index contributed by atoms with van der Waals surface area (Å²) in [6.07, 6.45) is 6.22. The van der Waals surface area contributed by atoms with Crippen LogP contribution < -0.4 is 15.4 Å². The van der Waals surface area contributed by atoms with Gasteiger partial charge in [0.2, 0.25) is 11.9 Å². The van der Waals surface area contributed by atoms with Gasteiger partial charge in [-0.3, -0.25) is 9.59 Å². The summed E-state index contributed by atoms with van der Waals surface area (Å²) in [6, 6.07) is 1.93. The molecule has 1 aliphatic heterocycles. The molecule has 1 saturated heterocycles. The first-order valence-electron chi connectivity index (χ1n) is 10.2. The van der Waals surface area contributed by atoms with Crippen molar-refractivity contribution in [3.8, 4) is 0 Å². The minimum absolute atomic E-state index is 0.0703. The summed E-state index contributed by atoms with van der Waals surface area (Å²) in [5.74, 6) is 1.22. The molecule has 1 N–H and O–H groups in total. The third kappa shape index (κ3) is 4.18. The number of aromatic nitrogens is 5. The number of hydrogen-bond acceptors (Lipinski definition) is 8. The standard InChI is InChI=1S/C21H26N8O2/c1-27(2)20-22-10-14(11-23-20)19(31)29-7-5-13(6-8-29)16-9-17-15(18(30)25-16)12-24-21(26-17)28(3)4/h9-13H,5-8H2,1-4H3,(H,25,30). The van der Waals surface area contributed by atoms with Crippen LogP contribution in [0.3, 0.4) is 0 Å². The van der Waals surface area contributed by atoms with Crippen molar-refractivity contribution >= 4 is 28.7 Å². The molecule has 0 radical (unpaired) electrons. The first-order chi connectivity index (χ1) is 14.8. The summed E-state index contributed by atoms with van der Waals surface area (Å²) in [4.78, 5) is 50.9. The van der Waals surface area contributed by atoms with Crippen LogP contribution in [-0.4, -0.2) is 77.0 Å². The summed E-state index contributed by atoms with van der Waals surface area (Å²) >= 11 is 0. The number of rotatable bonds is 4. The second-order valence-electron chi connectivity index (χ2n) is 8.15. The van der Waals surface area contributed by atoms with Crippen molar-refractivity contribution in [3.63, 3.8) is 0 Å². The first-order valence-corrected chi connectivity index (χ1v) is 10.2. The molecule has 0 unspecified atom stereocenters. The minimum Gasteiger partial charge on any atom is -0.347 e. The Morgan fingerprint density at radius 2 is 1.61 bits per heavy atom. The molecule has 4 heterocycles. The van der Waals surface area contributed by atoms with Gasteiger partial charge in [-0.15, -0.1) is 0 Å². The zero-order chi connectivity index (χ0) is 22.1. The highest BCUT2D eigenvalue weighted by molar-refractivity contribution is 5.93. The van der Waals surface area contributed by atoms with Crippen LogP contribution in [-0.2, 0) is 0 Å². The molecule has 0 aromatic carbocycles. The van der Waals surface area contributed by atoms with E-state index in [0.29, 0.717) is 41.5 Å². The predicted octanol–water partition coefficient (Wildman–Crippen LogP) is 1.26. The second kappa shape index (κ2) is 8.29. The van der Waals surface area contributed by atoms with Crippen molar-refractivity contribution in [2.45, 2.75) is 18.8 Å². The van der Waals surface area contributed by atoms with E-state index in [1.807, 2.05) is 39.2 Å². The number of fused-ring (bicyclic) bond motifs is 1. The fourth-order valence-corrected chi connectivity index (χ4v) is 3.73. The summed E-state index contributed by atoms with van der Waals surface area (Å²) in [7, 11) is 7.43. The number of H-pyrrole nitrogens is 1. The lowest BCUT2D eigenvalue weighted by Gasteiger charge is -2.32. The van der Waals surface area contributed by atoms with Crippen LogP contribution in [0.5, 0.6) is 0 Å². The Kier molecular flexibility index (Phi) is 5.53. The SMILES string of the molecule is CN(C)c1ncc(C(=O)N2CCC(c3cc4nc(N(C)C)ncc4c(=O)[nH]3)CC2)cn1. The summed E-state index contributed by atoms with van der Waals surface area (Å²) in [5, 5.41) is 0.475. The lowest BCUT2D eigenvalue weighted by Crippen LogP contribution is -2.38. The van der Waals surface area contributed by atoms with Gasteiger partial charge in [-0.1, -0.05) is 0 Å². The van der Waals surface area contributed by atoms with Gasteiger partial charge in [0.05, 0.1) is 16.5 Å². The Labute approximate surface area is 180 Å². The Balaban J connectivity index is 1.48. The Bertz CT molecular complexity index is 1150. The molecule has 1 fully saturated rings. The number of piperidine rings is 1. The minimum atomic E-state index is -0.186. The molecule has 0 spiro atoms. The Morgan fingerprint density at radius 3 is 2.23 bits per heavy atom. The van der Waals surface area contributed by atoms with Gasteiger partial charge in [-0.05, 0) is 18.9 Å². The number of anilines is 2. The molecule has 0 bridgehead atoms. The lowest BCUT2D eigenvalue weighted by atomic mass is 9.92. The van der Waals surface area contributed by atoms with Gasteiger partial charge in [-0.2, -0.15) is 0 Å². The Hall–Kier alpha value is -3.56. The van der Waals surface area contributed by atoms with Crippen LogP contribution in [0.4, 0.5) is 11.9 Å². The highest BCUT2D eigenvalue weighted by Crippen LogP contribution is 2.28. The van der Waals surface area contributed by atoms with Gasteiger partial charge in [0.25, 0.3) is 11.5 Å². The van der Waals surface area contributed by atoms with Crippen LogP contribution in [0, 0.1) is 0 Å². The van der Waals surface area contributed by atoms with Crippen LogP contribution in [0.15, 0.2) is 29.5 Å². The van der Waals surface area contributed by atoms with Gasteiger partial charge >= 0.3 is 0 Å². The van der Waals surface area contributed by atoms with E-state index in [9.17, 15) is 9.59 Å². The molecule has 10 nitrogen and oxygen atoms in total. The van der Waals surface area contributed by atoms with Crippen molar-refractivity contribution in [2.24, 2.45) is 0 Å². The van der Waals surface area contributed by atoms with Crippen LogP contribution >= 0.6 is 0 Å². The maximum absolute atomic E-state index is 12.8. The predicted molar refractivity (Wildman–Crippen MR) is 119 cm³/mol. The molecule has 3 aromatic rings. The third-order valence-corrected chi connectivity index (χ3v) is 5.51. The number of carbonyl (C=O) groups excluding carboxylic acids is 1. The van der Waals surface area contributed by atoms with Gasteiger partial charge in [0.15, 0.2) is 0 Å². The van der Waals surface area contributed by atoms with Crippen molar-refractivity contribution < 1.29 is 4.79 Å². The highest BCUT2D eigenvalue weighted by Gasteiger charge is 2.26. The lowest BCUT2D eigenvalue weighted by molar-refractivity contribution is 0.0711. The maximum atomic E-state index is 12.8. The van der Waals surface area contributed by atoms with E-state index in [0.717, 1.165) is 18.5 Å². The van der Waals surface area contributed by atoms with Crippen molar-refractivity contribution in [3.05, 3.63) is 46.3 Å². The summed E-state index contributed by atoms with van der Waals surface area (Å²) < 4.78 is 0. The molecule has 0 aliphatic carbocycles. The third-order valence-electron chi connectivity index (χ3n) is 5.51. The number of hydrogen-bond donors (Lipinski definition) is 1. The van der Waals surface area contributed by atoms with E-state index in [1.165, 1.54) is 0 Å². The molecule has 162 valence electrons. The normalized spacial score (nSPS) is 14.6. The smallest absolute Gasteiger partial charge is 0.259 e. The van der Waals surface area contributed by atoms with Gasteiger partial charge < -0.3 is 19.7 Å². The van der Waals surface area contributed by atoms with Gasteiger partial charge in [0, 0.05) is 71.5 Å². The number of pyridine rings is 1. The number of carbonyl (C=O) groups is 1. The number of aromatic amines is 1. The number of nitrogens with zero attached hydrogens (tertiary/aromatic N) is 7. The molecule has 1 amide bonds. The van der Waals surface area contributed by atoms with Crippen molar-refractivity contribution in [1.29, 1.82) is 0 Å². The van der Waals surface area contributed by atoms with Crippen LogP contribution in [0.1, 0.15) is 34.8 Å². The number of nitrogens with one attached hydrogen (secondary N) is 1. The van der Waals surface area contributed by atoms with E-state index in [4.69, 9.17) is 0 Å². The van der Waals surface area contributed by atoms with Crippen LogP contribution in [0.2, 0.25) is 0 Å². The second-order valence-corrected chi connectivity index (χ2v) is 8.15. The van der Waals surface area contributed by atoms with E-state index >= 15 is 0 Å². The monoisotopic (exact) mass is 422 g/mol. The van der Waals surface area contributed by atoms with Gasteiger partial charge in [0.1, 0.15) is 0 Å². The molecular weight excluding hydrogens is 396 g/mol. The molecule has 4 rings (SSSR count). The number of likely N-dealkylation sites (tertiary alicyclic amines) is 1. The molecule has 31 heavy (non-hydrogen) atoms. The number of amides is 1. The zero-order valence-corrected chi connectivity index (χ0v) is 18.2. The van der Waals surface area contributed by atoms with Gasteiger partial charge in [-0.25, -0.2) is 19.9 Å². The quantitative estimate of drug-likeness (QED) is 0.669. The maximum Gasteiger partial charge on any atom is 0.259 e. The van der Waals surface area contributed by atoms with Crippen molar-refractivity contribution in [2.75, 3.05) is 51.1 Å². The van der Waals surface area contributed by atoms with Crippen LogP contribution in [0.25, 0.3) is 10.9 Å². The van der Waals surface area contributed by atoms with E-state index in [1.54, 1.807) is 28.4 Å². The fourth-order valence-electron chi connectivity index (χ4n) is 3.73. The molecule has 1 aliphatic rings. The molecule has 0 saturated carbocycles. The summed E-state index contributed by atoms with van der Waals surface area (Å²) in [5.41, 5.74) is 1.78. The topological polar surface area (TPSA) is 111 Å². The molecule has 10 heteroatoms. The highest BCUT2D eigenvalue weighted by atomic mass is 16.2. The molecular formula is C21H26N8O2. The molecule has 3 aromatic heterocycles. The average molecular weight is 422 g/mol. The average Bonchev–Trinajstić information content (AvgIpc) is 2.78. The Morgan fingerprint density at radius 1 is 1.00 bits per heavy atom.